The van der Waals surface area contributed by atoms with E-state index in [1.54, 1.807) is 0 Å². The number of para-hydroxylation sites is 1. The summed E-state index contributed by atoms with van der Waals surface area (Å²) in [6, 6.07) is 9.60. The number of H-pyrrole nitrogens is 1. The Morgan fingerprint density at radius 1 is 1.09 bits per heavy atom. The molecule has 0 radical (unpaired) electrons. The molecule has 0 aliphatic carbocycles. The SMILES string of the molecule is O=C1CC(C(=O)Nc2ccccc2F)c2c(nc(Nc3cccc(C(F)(F)F)c3)[nH]c2=O)N1. The maximum absolute atomic E-state index is 13.9. The number of alkyl halides is 3. The first kappa shape index (κ1) is 22.0. The van der Waals surface area contributed by atoms with E-state index in [-0.39, 0.29) is 35.1 Å². The summed E-state index contributed by atoms with van der Waals surface area (Å²) in [6.07, 6.45) is -4.94. The molecule has 12 heteroatoms. The van der Waals surface area contributed by atoms with Gasteiger partial charge in [-0.25, -0.2) is 4.39 Å². The molecular formula is C21H15F4N5O3. The molecule has 4 rings (SSSR count). The van der Waals surface area contributed by atoms with Gasteiger partial charge in [0.05, 0.1) is 22.7 Å². The molecule has 0 saturated carbocycles. The molecule has 8 nitrogen and oxygen atoms in total. The molecule has 1 aliphatic rings. The minimum Gasteiger partial charge on any atom is -0.326 e. The number of amides is 2. The molecule has 1 aromatic heterocycles. The van der Waals surface area contributed by atoms with Crippen LogP contribution < -0.4 is 21.5 Å². The van der Waals surface area contributed by atoms with Crippen LogP contribution in [-0.4, -0.2) is 21.8 Å². The second-order valence-corrected chi connectivity index (χ2v) is 7.15. The fourth-order valence-corrected chi connectivity index (χ4v) is 3.35. The van der Waals surface area contributed by atoms with Crippen molar-refractivity contribution in [2.75, 3.05) is 16.0 Å². The number of fused-ring (bicyclic) bond motifs is 1. The number of nitrogens with one attached hydrogen (secondary N) is 4. The highest BCUT2D eigenvalue weighted by Crippen LogP contribution is 2.32. The summed E-state index contributed by atoms with van der Waals surface area (Å²) in [4.78, 5) is 44.0. The average Bonchev–Trinajstić information content (AvgIpc) is 2.74. The smallest absolute Gasteiger partial charge is 0.326 e. The lowest BCUT2D eigenvalue weighted by atomic mass is 9.92. The summed E-state index contributed by atoms with van der Waals surface area (Å²) in [5, 5.41) is 7.27. The molecule has 2 amide bonds. The zero-order valence-corrected chi connectivity index (χ0v) is 16.6. The molecule has 0 bridgehead atoms. The number of anilines is 4. The zero-order valence-electron chi connectivity index (χ0n) is 16.6. The fraction of sp³-hybridized carbons (Fsp3) is 0.143. The second kappa shape index (κ2) is 8.37. The van der Waals surface area contributed by atoms with Crippen molar-refractivity contribution in [1.29, 1.82) is 0 Å². The summed E-state index contributed by atoms with van der Waals surface area (Å²) in [7, 11) is 0. The molecule has 1 unspecified atom stereocenters. The van der Waals surface area contributed by atoms with E-state index in [9.17, 15) is 31.9 Å². The molecule has 1 aliphatic heterocycles. The molecule has 4 N–H and O–H groups in total. The predicted molar refractivity (Wildman–Crippen MR) is 111 cm³/mol. The van der Waals surface area contributed by atoms with Crippen LogP contribution in [0.15, 0.2) is 53.3 Å². The van der Waals surface area contributed by atoms with Crippen molar-refractivity contribution in [3.05, 3.63) is 75.8 Å². The van der Waals surface area contributed by atoms with Crippen molar-refractivity contribution in [2.45, 2.75) is 18.5 Å². The third-order valence-electron chi connectivity index (χ3n) is 4.85. The van der Waals surface area contributed by atoms with Gasteiger partial charge in [0, 0.05) is 12.1 Å². The van der Waals surface area contributed by atoms with Gasteiger partial charge in [0.25, 0.3) is 5.56 Å². The monoisotopic (exact) mass is 461 g/mol. The Balaban J connectivity index is 1.64. The van der Waals surface area contributed by atoms with Gasteiger partial charge < -0.3 is 16.0 Å². The lowest BCUT2D eigenvalue weighted by Crippen LogP contribution is -2.36. The van der Waals surface area contributed by atoms with Gasteiger partial charge in [-0.1, -0.05) is 18.2 Å². The number of carbonyl (C=O) groups excluding carboxylic acids is 2. The Morgan fingerprint density at radius 2 is 1.85 bits per heavy atom. The van der Waals surface area contributed by atoms with E-state index in [4.69, 9.17) is 0 Å². The maximum Gasteiger partial charge on any atom is 0.416 e. The molecule has 33 heavy (non-hydrogen) atoms. The number of hydrogen-bond donors (Lipinski definition) is 4. The molecule has 0 fully saturated rings. The van der Waals surface area contributed by atoms with Gasteiger partial charge in [-0.05, 0) is 30.3 Å². The standard InChI is InChI=1S/C21H15F4N5O3/c22-13-6-1-2-7-14(13)27-18(32)12-9-15(31)28-17-16(12)19(33)30-20(29-17)26-11-5-3-4-10(8-11)21(23,24)25/h1-8,12H,9H2,(H,27,32)(H3,26,28,29,30,31,33). The van der Waals surface area contributed by atoms with Gasteiger partial charge in [-0.3, -0.25) is 19.4 Å². The third kappa shape index (κ3) is 4.68. The lowest BCUT2D eigenvalue weighted by Gasteiger charge is -2.23. The summed E-state index contributed by atoms with van der Waals surface area (Å²) < 4.78 is 52.7. The van der Waals surface area contributed by atoms with Crippen molar-refractivity contribution < 1.29 is 27.2 Å². The first-order valence-electron chi connectivity index (χ1n) is 9.55. The number of carbonyl (C=O) groups is 2. The Hall–Kier alpha value is -4.22. The fourth-order valence-electron chi connectivity index (χ4n) is 3.35. The van der Waals surface area contributed by atoms with E-state index in [1.807, 2.05) is 0 Å². The Morgan fingerprint density at radius 3 is 2.58 bits per heavy atom. The largest absolute Gasteiger partial charge is 0.416 e. The quantitative estimate of drug-likeness (QED) is 0.442. The van der Waals surface area contributed by atoms with Crippen LogP contribution in [0.25, 0.3) is 0 Å². The highest BCUT2D eigenvalue weighted by Gasteiger charge is 2.35. The van der Waals surface area contributed by atoms with Crippen molar-refractivity contribution >= 4 is 35.0 Å². The first-order valence-corrected chi connectivity index (χ1v) is 9.55. The minimum absolute atomic E-state index is 0.0103. The van der Waals surface area contributed by atoms with Crippen LogP contribution in [0, 0.1) is 5.82 Å². The summed E-state index contributed by atoms with van der Waals surface area (Å²) >= 11 is 0. The van der Waals surface area contributed by atoms with Crippen LogP contribution in [0.4, 0.5) is 40.7 Å². The third-order valence-corrected chi connectivity index (χ3v) is 4.85. The highest BCUT2D eigenvalue weighted by molar-refractivity contribution is 6.04. The normalized spacial score (nSPS) is 15.4. The molecule has 0 saturated heterocycles. The summed E-state index contributed by atoms with van der Waals surface area (Å²) in [5.41, 5.74) is -1.99. The van der Waals surface area contributed by atoms with E-state index in [1.165, 1.54) is 30.3 Å². The predicted octanol–water partition coefficient (Wildman–Crippen LogP) is 3.74. The lowest BCUT2D eigenvalue weighted by molar-refractivity contribution is -0.137. The van der Waals surface area contributed by atoms with E-state index < -0.39 is 40.8 Å². The Bertz CT molecular complexity index is 1310. The van der Waals surface area contributed by atoms with Gasteiger partial charge >= 0.3 is 6.18 Å². The van der Waals surface area contributed by atoms with Gasteiger partial charge in [0.2, 0.25) is 17.8 Å². The Labute approximate surface area is 183 Å². The molecule has 170 valence electrons. The number of nitrogens with zero attached hydrogens (tertiary/aromatic N) is 1. The molecule has 2 heterocycles. The molecule has 1 atom stereocenters. The molecule has 3 aromatic rings. The van der Waals surface area contributed by atoms with Crippen molar-refractivity contribution in [2.24, 2.45) is 0 Å². The van der Waals surface area contributed by atoms with Crippen LogP contribution in [0.3, 0.4) is 0 Å². The average molecular weight is 461 g/mol. The molecule has 2 aromatic carbocycles. The van der Waals surface area contributed by atoms with Crippen LogP contribution >= 0.6 is 0 Å². The maximum atomic E-state index is 13.9. The second-order valence-electron chi connectivity index (χ2n) is 7.15. The van der Waals surface area contributed by atoms with Crippen molar-refractivity contribution in [1.82, 2.24) is 9.97 Å². The van der Waals surface area contributed by atoms with E-state index >= 15 is 0 Å². The highest BCUT2D eigenvalue weighted by atomic mass is 19.4. The topological polar surface area (TPSA) is 116 Å². The van der Waals surface area contributed by atoms with Gasteiger partial charge in [0.15, 0.2) is 0 Å². The van der Waals surface area contributed by atoms with Crippen LogP contribution in [-0.2, 0) is 15.8 Å². The zero-order chi connectivity index (χ0) is 23.8. The number of benzene rings is 2. The molecular weight excluding hydrogens is 446 g/mol. The number of aromatic nitrogens is 2. The molecule has 0 spiro atoms. The van der Waals surface area contributed by atoms with Crippen LogP contribution in [0.2, 0.25) is 0 Å². The Kier molecular flexibility index (Phi) is 5.58. The van der Waals surface area contributed by atoms with Crippen molar-refractivity contribution in [3.63, 3.8) is 0 Å². The minimum atomic E-state index is -4.57. The number of rotatable bonds is 4. The van der Waals surface area contributed by atoms with Gasteiger partial charge in [0.1, 0.15) is 11.6 Å². The van der Waals surface area contributed by atoms with Crippen LogP contribution in [0.1, 0.15) is 23.5 Å². The van der Waals surface area contributed by atoms with Gasteiger partial charge in [-0.2, -0.15) is 18.2 Å². The summed E-state index contributed by atoms with van der Waals surface area (Å²) in [6.45, 7) is 0. The first-order chi connectivity index (χ1) is 15.6. The van der Waals surface area contributed by atoms with E-state index in [0.717, 1.165) is 18.2 Å². The van der Waals surface area contributed by atoms with Crippen LogP contribution in [0.5, 0.6) is 0 Å². The van der Waals surface area contributed by atoms with Gasteiger partial charge in [-0.15, -0.1) is 0 Å². The van der Waals surface area contributed by atoms with E-state index in [2.05, 4.69) is 25.9 Å². The summed E-state index contributed by atoms with van der Waals surface area (Å²) in [5.74, 6) is -3.82. The number of hydrogen-bond acceptors (Lipinski definition) is 5. The number of halogens is 4. The van der Waals surface area contributed by atoms with Crippen molar-refractivity contribution in [3.8, 4) is 0 Å². The number of aromatic amines is 1. The van der Waals surface area contributed by atoms with E-state index in [0.29, 0.717) is 0 Å².